The summed E-state index contributed by atoms with van der Waals surface area (Å²) in [5, 5.41) is 13.5. The number of hydrogen-bond donors (Lipinski definition) is 2. The van der Waals surface area contributed by atoms with E-state index < -0.39 is 5.97 Å². The minimum Gasteiger partial charge on any atom is -0.478 e. The summed E-state index contributed by atoms with van der Waals surface area (Å²) in [6.07, 6.45) is 1.60. The van der Waals surface area contributed by atoms with Crippen molar-refractivity contribution in [3.05, 3.63) is 46.6 Å². The van der Waals surface area contributed by atoms with E-state index in [1.54, 1.807) is 30.6 Å². The summed E-state index contributed by atoms with van der Waals surface area (Å²) in [6, 6.07) is 4.76. The average Bonchev–Trinajstić information content (AvgIpc) is 2.77. The fourth-order valence-corrected chi connectivity index (χ4v) is 2.24. The fraction of sp³-hybridized carbons (Fsp3) is 0.0833. The summed E-state index contributed by atoms with van der Waals surface area (Å²) in [4.78, 5) is 26.9. The predicted molar refractivity (Wildman–Crippen MR) is 68.2 cm³/mol. The zero-order chi connectivity index (χ0) is 13.1. The monoisotopic (exact) mass is 262 g/mol. The Morgan fingerprint density at radius 1 is 1.33 bits per heavy atom. The molecule has 0 saturated heterocycles. The third-order valence-electron chi connectivity index (χ3n) is 2.37. The third kappa shape index (κ3) is 2.38. The summed E-state index contributed by atoms with van der Waals surface area (Å²) >= 11 is 1.17. The SMILES string of the molecule is Cc1ncccc1C(=O)Nc1sccc1C(=O)O. The fourth-order valence-electron chi connectivity index (χ4n) is 1.47. The molecule has 18 heavy (non-hydrogen) atoms. The van der Waals surface area contributed by atoms with E-state index in [1.165, 1.54) is 17.4 Å². The zero-order valence-corrected chi connectivity index (χ0v) is 10.3. The van der Waals surface area contributed by atoms with Crippen LogP contribution in [-0.2, 0) is 0 Å². The number of carbonyl (C=O) groups is 2. The van der Waals surface area contributed by atoms with Crippen LogP contribution in [0.5, 0.6) is 0 Å². The van der Waals surface area contributed by atoms with Crippen LogP contribution in [-0.4, -0.2) is 22.0 Å². The Bertz CT molecular complexity index is 607. The van der Waals surface area contributed by atoms with E-state index in [2.05, 4.69) is 10.3 Å². The number of aromatic nitrogens is 1. The van der Waals surface area contributed by atoms with Crippen LogP contribution >= 0.6 is 11.3 Å². The lowest BCUT2D eigenvalue weighted by molar-refractivity contribution is 0.0698. The number of pyridine rings is 1. The van der Waals surface area contributed by atoms with Crippen LogP contribution in [0.1, 0.15) is 26.4 Å². The lowest BCUT2D eigenvalue weighted by Gasteiger charge is -2.05. The zero-order valence-electron chi connectivity index (χ0n) is 9.51. The number of aromatic carboxylic acids is 1. The molecule has 0 atom stereocenters. The molecule has 0 fully saturated rings. The van der Waals surface area contributed by atoms with Gasteiger partial charge in [0, 0.05) is 11.9 Å². The van der Waals surface area contributed by atoms with Gasteiger partial charge in [-0.3, -0.25) is 9.78 Å². The number of thiophene rings is 1. The lowest BCUT2D eigenvalue weighted by atomic mass is 10.2. The van der Waals surface area contributed by atoms with Gasteiger partial charge in [0.1, 0.15) is 5.00 Å². The predicted octanol–water partition coefficient (Wildman–Crippen LogP) is 2.40. The van der Waals surface area contributed by atoms with Gasteiger partial charge in [0.05, 0.1) is 11.1 Å². The van der Waals surface area contributed by atoms with Gasteiger partial charge in [-0.15, -0.1) is 11.3 Å². The van der Waals surface area contributed by atoms with Crippen molar-refractivity contribution >= 4 is 28.2 Å². The van der Waals surface area contributed by atoms with Gasteiger partial charge < -0.3 is 10.4 Å². The molecule has 0 aliphatic heterocycles. The second kappa shape index (κ2) is 4.97. The highest BCUT2D eigenvalue weighted by Crippen LogP contribution is 2.24. The summed E-state index contributed by atoms with van der Waals surface area (Å²) in [5.74, 6) is -1.42. The van der Waals surface area contributed by atoms with E-state index in [4.69, 9.17) is 5.11 Å². The number of carboxylic acids is 1. The first-order valence-corrected chi connectivity index (χ1v) is 6.01. The van der Waals surface area contributed by atoms with Crippen LogP contribution in [0.2, 0.25) is 0 Å². The highest BCUT2D eigenvalue weighted by molar-refractivity contribution is 7.14. The number of anilines is 1. The first kappa shape index (κ1) is 12.3. The number of amides is 1. The molecular weight excluding hydrogens is 252 g/mol. The maximum Gasteiger partial charge on any atom is 0.338 e. The van der Waals surface area contributed by atoms with Crippen molar-refractivity contribution in [3.8, 4) is 0 Å². The number of carboxylic acid groups (broad SMARTS) is 1. The Morgan fingerprint density at radius 2 is 2.11 bits per heavy atom. The quantitative estimate of drug-likeness (QED) is 0.890. The smallest absolute Gasteiger partial charge is 0.338 e. The average molecular weight is 262 g/mol. The third-order valence-corrected chi connectivity index (χ3v) is 3.20. The first-order valence-electron chi connectivity index (χ1n) is 5.13. The van der Waals surface area contributed by atoms with E-state index >= 15 is 0 Å². The lowest BCUT2D eigenvalue weighted by Crippen LogP contribution is -2.14. The Balaban J connectivity index is 2.25. The molecule has 0 spiro atoms. The van der Waals surface area contributed by atoms with Gasteiger partial charge in [-0.1, -0.05) is 0 Å². The van der Waals surface area contributed by atoms with Gasteiger partial charge in [0.2, 0.25) is 0 Å². The molecule has 0 bridgehead atoms. The molecule has 2 aromatic rings. The summed E-state index contributed by atoms with van der Waals surface area (Å²) in [7, 11) is 0. The van der Waals surface area contributed by atoms with Crippen molar-refractivity contribution in [2.75, 3.05) is 5.32 Å². The number of nitrogens with one attached hydrogen (secondary N) is 1. The van der Waals surface area contributed by atoms with Crippen LogP contribution < -0.4 is 5.32 Å². The van der Waals surface area contributed by atoms with Gasteiger partial charge in [0.15, 0.2) is 0 Å². The molecule has 0 aliphatic rings. The maximum absolute atomic E-state index is 12.0. The summed E-state index contributed by atoms with van der Waals surface area (Å²) in [5.41, 5.74) is 1.13. The first-order chi connectivity index (χ1) is 8.59. The Hall–Kier alpha value is -2.21. The van der Waals surface area contributed by atoms with Crippen LogP contribution in [0.4, 0.5) is 5.00 Å². The Kier molecular flexibility index (Phi) is 3.38. The van der Waals surface area contributed by atoms with E-state index in [9.17, 15) is 9.59 Å². The largest absolute Gasteiger partial charge is 0.478 e. The molecule has 0 saturated carbocycles. The molecular formula is C12H10N2O3S. The minimum absolute atomic E-state index is 0.0925. The number of nitrogens with zero attached hydrogens (tertiary/aromatic N) is 1. The molecule has 0 radical (unpaired) electrons. The highest BCUT2D eigenvalue weighted by atomic mass is 32.1. The highest BCUT2D eigenvalue weighted by Gasteiger charge is 2.16. The summed E-state index contributed by atoms with van der Waals surface area (Å²) in [6.45, 7) is 1.72. The van der Waals surface area contributed by atoms with Crippen LogP contribution in [0.3, 0.4) is 0 Å². The normalized spacial score (nSPS) is 10.1. The molecule has 2 N–H and O–H groups in total. The second-order valence-electron chi connectivity index (χ2n) is 3.56. The van der Waals surface area contributed by atoms with Gasteiger partial charge in [-0.2, -0.15) is 0 Å². The Labute approximate surface area is 107 Å². The molecule has 5 nitrogen and oxygen atoms in total. The van der Waals surface area contributed by atoms with Gasteiger partial charge in [-0.25, -0.2) is 4.79 Å². The van der Waals surface area contributed by atoms with E-state index in [1.807, 2.05) is 0 Å². The van der Waals surface area contributed by atoms with Crippen LogP contribution in [0.25, 0.3) is 0 Å². The standard InChI is InChI=1S/C12H10N2O3S/c1-7-8(3-2-5-13-7)10(15)14-11-9(12(16)17)4-6-18-11/h2-6H,1H3,(H,14,15)(H,16,17). The molecule has 92 valence electrons. The molecule has 0 aromatic carbocycles. The van der Waals surface area contributed by atoms with Gasteiger partial charge in [0.25, 0.3) is 5.91 Å². The molecule has 2 rings (SSSR count). The minimum atomic E-state index is -1.06. The maximum atomic E-state index is 12.0. The van der Waals surface area contributed by atoms with Crippen LogP contribution in [0, 0.1) is 6.92 Å². The molecule has 6 heteroatoms. The summed E-state index contributed by atoms with van der Waals surface area (Å²) < 4.78 is 0. The molecule has 0 unspecified atom stereocenters. The van der Waals surface area contributed by atoms with Crippen molar-refractivity contribution < 1.29 is 14.7 Å². The number of aryl methyl sites for hydroxylation is 1. The van der Waals surface area contributed by atoms with Crippen molar-refractivity contribution in [1.29, 1.82) is 0 Å². The van der Waals surface area contributed by atoms with Gasteiger partial charge in [-0.05, 0) is 30.5 Å². The van der Waals surface area contributed by atoms with E-state index in [0.29, 0.717) is 16.3 Å². The number of rotatable bonds is 3. The number of hydrogen-bond acceptors (Lipinski definition) is 4. The number of carbonyl (C=O) groups excluding carboxylic acids is 1. The van der Waals surface area contributed by atoms with Crippen molar-refractivity contribution in [1.82, 2.24) is 4.98 Å². The van der Waals surface area contributed by atoms with Crippen molar-refractivity contribution in [3.63, 3.8) is 0 Å². The van der Waals surface area contributed by atoms with Crippen molar-refractivity contribution in [2.45, 2.75) is 6.92 Å². The molecule has 0 aliphatic carbocycles. The van der Waals surface area contributed by atoms with E-state index in [0.717, 1.165) is 0 Å². The van der Waals surface area contributed by atoms with Crippen LogP contribution in [0.15, 0.2) is 29.8 Å². The molecule has 1 amide bonds. The van der Waals surface area contributed by atoms with Crippen molar-refractivity contribution in [2.24, 2.45) is 0 Å². The second-order valence-corrected chi connectivity index (χ2v) is 4.48. The van der Waals surface area contributed by atoms with E-state index in [-0.39, 0.29) is 11.5 Å². The molecule has 2 aromatic heterocycles. The topological polar surface area (TPSA) is 79.3 Å². The Morgan fingerprint density at radius 3 is 2.78 bits per heavy atom. The molecule has 2 heterocycles. The van der Waals surface area contributed by atoms with Gasteiger partial charge >= 0.3 is 5.97 Å².